The van der Waals surface area contributed by atoms with Crippen molar-refractivity contribution < 1.29 is 76.7 Å². The molecule has 7 atom stereocenters. The lowest BCUT2D eigenvalue weighted by atomic mass is 10.0. The van der Waals surface area contributed by atoms with Crippen LogP contribution in [-0.4, -0.2) is 188 Å². The molecule has 4 aromatic rings. The van der Waals surface area contributed by atoms with Gasteiger partial charge in [-0.2, -0.15) is 12.6 Å². The van der Waals surface area contributed by atoms with Crippen molar-refractivity contribution in [1.29, 1.82) is 0 Å². The van der Waals surface area contributed by atoms with E-state index in [-0.39, 0.29) is 124 Å². The van der Waals surface area contributed by atoms with Gasteiger partial charge in [0.05, 0.1) is 73.9 Å². The fourth-order valence-corrected chi connectivity index (χ4v) is 12.2. The number of unbranched alkanes of at least 4 members (excludes halogenated alkanes) is 4. The van der Waals surface area contributed by atoms with E-state index in [1.165, 1.54) is 31.3 Å². The number of nitrogens with one attached hydrogen (secondary N) is 4. The quantitative estimate of drug-likeness (QED) is 0.0100. The summed E-state index contributed by atoms with van der Waals surface area (Å²) in [5, 5.41) is 22.6. The van der Waals surface area contributed by atoms with Crippen molar-refractivity contribution in [3.63, 3.8) is 0 Å². The number of ether oxygens (including phenoxy) is 6. The number of hydrogen-bond donors (Lipinski definition) is 7. The van der Waals surface area contributed by atoms with E-state index in [1.807, 2.05) is 51.1 Å². The number of thiol groups is 1. The molecule has 4 aliphatic heterocycles. The van der Waals surface area contributed by atoms with Gasteiger partial charge in [0.15, 0.2) is 29.2 Å². The maximum atomic E-state index is 14.3. The van der Waals surface area contributed by atoms with Crippen LogP contribution >= 0.6 is 12.6 Å². The maximum absolute atomic E-state index is 14.3. The first-order chi connectivity index (χ1) is 47.7. The van der Waals surface area contributed by atoms with Gasteiger partial charge in [0.2, 0.25) is 35.4 Å². The zero-order chi connectivity index (χ0) is 71.1. The van der Waals surface area contributed by atoms with Crippen molar-refractivity contribution in [2.75, 3.05) is 77.0 Å². The molecule has 4 aliphatic rings. The maximum Gasteiger partial charge on any atom is 0.416 e. The molecule has 0 spiro atoms. The van der Waals surface area contributed by atoms with Crippen LogP contribution in [0.1, 0.15) is 143 Å². The molecule has 8 rings (SSSR count). The molecular weight excluding hydrogens is 1290 g/mol. The van der Waals surface area contributed by atoms with Crippen LogP contribution in [0, 0.1) is 0 Å². The lowest BCUT2D eigenvalue weighted by Crippen LogP contribution is -2.53. The number of β-amino-alcohol motifs (C(OH)–C–C–N with tert-alkyl or cyclic N) is 1. The molecule has 7 N–H and O–H groups in total. The Morgan fingerprint density at radius 3 is 2.10 bits per heavy atom. The number of anilines is 2. The number of amides is 9. The van der Waals surface area contributed by atoms with E-state index in [2.05, 4.69) is 45.5 Å². The first-order valence-corrected chi connectivity index (χ1v) is 34.5. The third-order valence-electron chi connectivity index (χ3n) is 17.5. The summed E-state index contributed by atoms with van der Waals surface area (Å²) >= 11 is 4.12. The fraction of sp³-hybridized carbons (Fsp3) is 0.500. The molecule has 27 heteroatoms. The van der Waals surface area contributed by atoms with Crippen LogP contribution in [-0.2, 0) is 51.3 Å². The van der Waals surface area contributed by atoms with Gasteiger partial charge in [-0.3, -0.25) is 48.2 Å². The summed E-state index contributed by atoms with van der Waals surface area (Å²) in [6.45, 7) is 11.2. The lowest BCUT2D eigenvalue weighted by molar-refractivity contribution is -0.138. The first-order valence-electron chi connectivity index (χ1n) is 34.0. The van der Waals surface area contributed by atoms with Gasteiger partial charge in [0.1, 0.15) is 18.7 Å². The number of fused-ring (bicyclic) bond motifs is 3. The van der Waals surface area contributed by atoms with Crippen molar-refractivity contribution in [1.82, 2.24) is 30.7 Å². The topological polar surface area (TPSA) is 329 Å². The molecule has 4 unspecified atom stereocenters. The minimum Gasteiger partial charge on any atom is -0.493 e. The smallest absolute Gasteiger partial charge is 0.416 e. The molecule has 0 bridgehead atoms. The van der Waals surface area contributed by atoms with Gasteiger partial charge in [-0.15, -0.1) is 0 Å². The third kappa shape index (κ3) is 21.2. The average Bonchev–Trinajstić information content (AvgIpc) is 1.71. The normalized spacial score (nSPS) is 17.7. The minimum atomic E-state index is -1.51. The summed E-state index contributed by atoms with van der Waals surface area (Å²) in [7, 11) is 2.96. The Hall–Kier alpha value is -9.05. The van der Waals surface area contributed by atoms with Crippen molar-refractivity contribution in [3.05, 3.63) is 113 Å². The number of nitrogens with two attached hydrogens (primary N) is 1. The second kappa shape index (κ2) is 37.2. The van der Waals surface area contributed by atoms with Crippen LogP contribution in [0.3, 0.4) is 0 Å². The number of carbonyl (C=O) groups excluding carboxylic acids is 9. The summed E-state index contributed by atoms with van der Waals surface area (Å²) in [6.07, 6.45) is 5.23. The Bertz CT molecular complexity index is 3540. The van der Waals surface area contributed by atoms with Gasteiger partial charge in [0, 0.05) is 82.0 Å². The second-order valence-corrected chi connectivity index (χ2v) is 25.8. The van der Waals surface area contributed by atoms with Gasteiger partial charge < -0.3 is 70.3 Å². The lowest BCUT2D eigenvalue weighted by Gasteiger charge is -2.28. The van der Waals surface area contributed by atoms with Crippen LogP contribution in [0.15, 0.2) is 96.0 Å². The van der Waals surface area contributed by atoms with E-state index in [1.54, 1.807) is 47.5 Å². The molecular formula is C72H94N10O16S. The zero-order valence-corrected chi connectivity index (χ0v) is 58.0. The predicted molar refractivity (Wildman–Crippen MR) is 375 cm³/mol. The van der Waals surface area contributed by atoms with Crippen molar-refractivity contribution in [3.8, 4) is 23.0 Å². The number of methoxy groups -OCH3 is 2. The number of carbonyl (C=O) groups is 9. The van der Waals surface area contributed by atoms with Crippen molar-refractivity contribution >= 4 is 89.3 Å². The number of imide groups is 1. The molecule has 9 amide bonds. The number of likely N-dealkylation sites (tertiary alicyclic amines) is 1. The van der Waals surface area contributed by atoms with Gasteiger partial charge in [0.25, 0.3) is 11.8 Å². The van der Waals surface area contributed by atoms with E-state index < -0.39 is 59.2 Å². The van der Waals surface area contributed by atoms with Gasteiger partial charge in [-0.1, -0.05) is 68.0 Å². The van der Waals surface area contributed by atoms with Crippen molar-refractivity contribution in [2.24, 2.45) is 10.7 Å². The fourth-order valence-electron chi connectivity index (χ4n) is 11.9. The second-order valence-electron chi connectivity index (χ2n) is 25.2. The molecule has 4 aromatic carbocycles. The molecule has 99 heavy (non-hydrogen) atoms. The van der Waals surface area contributed by atoms with Crippen LogP contribution in [0.25, 0.3) is 0 Å². The summed E-state index contributed by atoms with van der Waals surface area (Å²) in [6, 6.07) is 19.6. The Morgan fingerprint density at radius 1 is 0.727 bits per heavy atom. The molecule has 0 radical (unpaired) electrons. The van der Waals surface area contributed by atoms with Crippen LogP contribution in [0.4, 0.5) is 21.9 Å². The van der Waals surface area contributed by atoms with Crippen molar-refractivity contribution in [2.45, 2.75) is 165 Å². The Balaban J connectivity index is 0.836. The highest BCUT2D eigenvalue weighted by atomic mass is 32.1. The first kappa shape index (κ1) is 75.7. The van der Waals surface area contributed by atoms with Gasteiger partial charge in [-0.25, -0.2) is 9.69 Å². The number of aliphatic imine (C=N–C) groups is 1. The SMILES string of the molecule is C=C1CC2C=Nc3cc(OCCCCCOc4cc5c(cc4OC)C(=O)N(CCCC)C[C@H](O)N5C(=O)OCc4ccc(NC(=O)[C@H](CCCCN)NC(=O)[C@H](Cc5ccccc5)NC(=O)CCC(C)OCCC(C)NC(=O)CCN5C(=O)CC(S)C5=O)cc4)c(OC)cc3C(=O)N2C1. The number of rotatable bonds is 37. The average molecular weight is 1390 g/mol. The predicted octanol–water partition coefficient (Wildman–Crippen LogP) is 7.34. The minimum absolute atomic E-state index is 0.0153. The monoisotopic (exact) mass is 1390 g/mol. The summed E-state index contributed by atoms with van der Waals surface area (Å²) in [4.78, 5) is 131. The molecule has 26 nitrogen and oxygen atoms in total. The van der Waals surface area contributed by atoms with E-state index in [0.717, 1.165) is 27.4 Å². The Labute approximate surface area is 583 Å². The van der Waals surface area contributed by atoms with E-state index in [9.17, 15) is 48.3 Å². The largest absolute Gasteiger partial charge is 0.493 e. The molecule has 0 aromatic heterocycles. The van der Waals surface area contributed by atoms with Crippen LogP contribution < -0.4 is 50.8 Å². The molecule has 2 saturated heterocycles. The number of benzene rings is 4. The molecule has 4 heterocycles. The molecule has 534 valence electrons. The highest BCUT2D eigenvalue weighted by Crippen LogP contribution is 2.41. The van der Waals surface area contributed by atoms with E-state index >= 15 is 0 Å². The standard InChI is InChI=1S/C72H94N10O16S/c1-7-8-29-79-43-66(86)82(57-39-61(59(94-6)37-53(57)69(79)89)97-32-16-10-15-31-96-60-38-55-52(36-58(60)93-5)70(90)81-42-45(2)34-51(81)41-74-55)72(92)98-44-49-21-23-50(24-22-49)76-67(87)54(19-13-14-28-73)78-68(88)56(35-48-17-11-9-12-18-48)77-63(83)25-20-47(4)95-33-27-46(3)75-64(84)26-30-80-65(85)40-62(99)71(80)91/h9,11-12,17-18,21-24,36-39,41,46-47,51,54,56,62,66,86,99H,2,7-8,10,13-16,19-20,25-35,40,42-44,73H2,1,3-6H3,(H,75,84)(H,76,87)(H,77,83)(H,78,88)/t46?,47?,51?,54-,56-,62?,66-/m0/s1. The van der Waals surface area contributed by atoms with Gasteiger partial charge >= 0.3 is 6.09 Å². The summed E-state index contributed by atoms with van der Waals surface area (Å²) in [5.41, 5.74) is 9.59. The molecule has 0 saturated carbocycles. The number of hydrogen-bond acceptors (Lipinski definition) is 19. The highest BCUT2D eigenvalue weighted by Gasteiger charge is 2.39. The third-order valence-corrected chi connectivity index (χ3v) is 17.9. The Kier molecular flexibility index (Phi) is 28.5. The summed E-state index contributed by atoms with van der Waals surface area (Å²) in [5.74, 6) is -1.74. The number of nitrogens with zero attached hydrogens (tertiary/aromatic N) is 5. The van der Waals surface area contributed by atoms with Crippen LogP contribution in [0.5, 0.6) is 23.0 Å². The number of aliphatic hydroxyl groups excluding tert-OH is 1. The molecule has 2 fully saturated rings. The van der Waals surface area contributed by atoms with E-state index in [0.29, 0.717) is 118 Å². The Morgan fingerprint density at radius 2 is 1.42 bits per heavy atom. The molecule has 0 aliphatic carbocycles. The van der Waals surface area contributed by atoms with E-state index in [4.69, 9.17) is 34.2 Å². The highest BCUT2D eigenvalue weighted by molar-refractivity contribution is 7.81. The number of aliphatic hydroxyl groups is 1. The van der Waals surface area contributed by atoms with Gasteiger partial charge in [-0.05, 0) is 120 Å². The summed E-state index contributed by atoms with van der Waals surface area (Å²) < 4.78 is 35.5. The zero-order valence-electron chi connectivity index (χ0n) is 57.1. The van der Waals surface area contributed by atoms with Crippen LogP contribution in [0.2, 0.25) is 0 Å².